The van der Waals surface area contributed by atoms with Gasteiger partial charge >= 0.3 is 5.97 Å². The van der Waals surface area contributed by atoms with E-state index >= 15 is 0 Å². The van der Waals surface area contributed by atoms with Crippen molar-refractivity contribution in [1.82, 2.24) is 0 Å². The van der Waals surface area contributed by atoms with E-state index in [1.54, 1.807) is 13.8 Å². The normalized spacial score (nSPS) is 41.1. The van der Waals surface area contributed by atoms with Crippen LogP contribution in [0.3, 0.4) is 0 Å². The monoisotopic (exact) mass is 532 g/mol. The van der Waals surface area contributed by atoms with E-state index in [1.807, 2.05) is 0 Å². The quantitative estimate of drug-likeness (QED) is 0.314. The average Bonchev–Trinajstić information content (AvgIpc) is 3.12. The van der Waals surface area contributed by atoms with Gasteiger partial charge in [-0.1, -0.05) is 52.7 Å². The molecule has 6 nitrogen and oxygen atoms in total. The Morgan fingerprint density at radius 2 is 1.74 bits per heavy atom. The number of ketones is 1. The Morgan fingerprint density at radius 1 is 1.11 bits per heavy atom. The second-order valence-corrected chi connectivity index (χ2v) is 15.1. The molecule has 4 aliphatic carbocycles. The fourth-order valence-corrected chi connectivity index (χ4v) is 10.2. The van der Waals surface area contributed by atoms with Gasteiger partial charge in [0.15, 0.2) is 6.10 Å². The maximum Gasteiger partial charge on any atom is 0.303 e. The highest BCUT2D eigenvalue weighted by atomic mass is 16.6. The summed E-state index contributed by atoms with van der Waals surface area (Å²) in [5, 5.41) is 33.5. The highest BCUT2D eigenvalue weighted by Crippen LogP contribution is 2.74. The van der Waals surface area contributed by atoms with Crippen LogP contribution in [0.5, 0.6) is 0 Å². The van der Waals surface area contributed by atoms with E-state index in [0.29, 0.717) is 25.0 Å². The van der Waals surface area contributed by atoms with Gasteiger partial charge < -0.3 is 20.1 Å². The van der Waals surface area contributed by atoms with Crippen molar-refractivity contribution >= 4 is 11.8 Å². The molecular weight excluding hydrogens is 480 g/mol. The van der Waals surface area contributed by atoms with Gasteiger partial charge in [-0.25, -0.2) is 0 Å². The molecule has 4 rings (SSSR count). The van der Waals surface area contributed by atoms with Crippen LogP contribution in [0.4, 0.5) is 0 Å². The average molecular weight is 533 g/mol. The third-order valence-electron chi connectivity index (χ3n) is 12.2. The molecule has 216 valence electrons. The van der Waals surface area contributed by atoms with Crippen molar-refractivity contribution in [2.75, 3.05) is 0 Å². The predicted molar refractivity (Wildman–Crippen MR) is 147 cm³/mol. The largest absolute Gasteiger partial charge is 0.457 e. The van der Waals surface area contributed by atoms with E-state index in [9.17, 15) is 24.9 Å². The number of hydrogen-bond donors (Lipinski definition) is 3. The summed E-state index contributed by atoms with van der Waals surface area (Å²) in [5.41, 5.74) is 0.754. The minimum Gasteiger partial charge on any atom is -0.457 e. The van der Waals surface area contributed by atoms with Gasteiger partial charge in [0.2, 0.25) is 0 Å². The molecule has 0 aromatic rings. The summed E-state index contributed by atoms with van der Waals surface area (Å²) in [6, 6.07) is 0. The molecule has 0 aromatic carbocycles. The second kappa shape index (κ2) is 9.41. The fourth-order valence-electron chi connectivity index (χ4n) is 10.2. The molecule has 3 fully saturated rings. The van der Waals surface area contributed by atoms with Crippen molar-refractivity contribution in [2.24, 2.45) is 39.4 Å². The number of carbonyl (C=O) groups is 2. The van der Waals surface area contributed by atoms with Crippen LogP contribution in [-0.2, 0) is 14.3 Å². The van der Waals surface area contributed by atoms with Crippen molar-refractivity contribution in [3.8, 4) is 0 Å². The summed E-state index contributed by atoms with van der Waals surface area (Å²) in [4.78, 5) is 24.6. The lowest BCUT2D eigenvalue weighted by Crippen LogP contribution is -2.65. The van der Waals surface area contributed by atoms with Crippen molar-refractivity contribution < 1.29 is 29.6 Å². The molecule has 0 bridgehead atoms. The Hall–Kier alpha value is -1.24. The fraction of sp³-hybridized carbons (Fsp3) is 0.875. The number of carbonyl (C=O) groups excluding carboxylic acids is 2. The van der Waals surface area contributed by atoms with E-state index in [2.05, 4.69) is 41.5 Å². The van der Waals surface area contributed by atoms with Crippen LogP contribution in [0.25, 0.3) is 0 Å². The molecule has 0 spiro atoms. The molecule has 38 heavy (non-hydrogen) atoms. The third kappa shape index (κ3) is 4.32. The van der Waals surface area contributed by atoms with Gasteiger partial charge in [-0.05, 0) is 92.8 Å². The van der Waals surface area contributed by atoms with Crippen molar-refractivity contribution in [2.45, 2.75) is 138 Å². The van der Waals surface area contributed by atoms with Gasteiger partial charge in [-0.15, -0.1) is 0 Å². The smallest absolute Gasteiger partial charge is 0.303 e. The maximum atomic E-state index is 12.9. The van der Waals surface area contributed by atoms with Crippen LogP contribution < -0.4 is 0 Å². The van der Waals surface area contributed by atoms with Gasteiger partial charge in [0.25, 0.3) is 0 Å². The number of aliphatic hydroxyl groups excluding tert-OH is 2. The second-order valence-electron chi connectivity index (χ2n) is 15.1. The first-order valence-electron chi connectivity index (χ1n) is 14.8. The van der Waals surface area contributed by atoms with E-state index in [4.69, 9.17) is 4.74 Å². The van der Waals surface area contributed by atoms with Gasteiger partial charge in [-0.2, -0.15) is 0 Å². The lowest BCUT2D eigenvalue weighted by atomic mass is 9.36. The Kier molecular flexibility index (Phi) is 7.36. The van der Waals surface area contributed by atoms with Gasteiger partial charge in [0.1, 0.15) is 5.78 Å². The zero-order valence-corrected chi connectivity index (χ0v) is 25.2. The predicted octanol–water partition coefficient (Wildman–Crippen LogP) is 5.37. The molecule has 0 aliphatic heterocycles. The van der Waals surface area contributed by atoms with E-state index < -0.39 is 29.9 Å². The van der Waals surface area contributed by atoms with E-state index in [-0.39, 0.29) is 39.4 Å². The van der Waals surface area contributed by atoms with Crippen LogP contribution in [0.15, 0.2) is 11.1 Å². The van der Waals surface area contributed by atoms with Crippen LogP contribution in [0.1, 0.15) is 114 Å². The number of ether oxygens (including phenoxy) is 1. The van der Waals surface area contributed by atoms with Crippen molar-refractivity contribution in [3.63, 3.8) is 0 Å². The van der Waals surface area contributed by atoms with Crippen molar-refractivity contribution in [1.29, 1.82) is 0 Å². The lowest BCUT2D eigenvalue weighted by molar-refractivity contribution is -0.208. The van der Waals surface area contributed by atoms with Crippen LogP contribution in [-0.4, -0.2) is 51.0 Å². The summed E-state index contributed by atoms with van der Waals surface area (Å²) in [7, 11) is 0. The molecule has 3 N–H and O–H groups in total. The number of fused-ring (bicyclic) bond motifs is 5. The minimum absolute atomic E-state index is 0.0349. The molecule has 0 heterocycles. The third-order valence-corrected chi connectivity index (χ3v) is 12.2. The summed E-state index contributed by atoms with van der Waals surface area (Å²) in [5.74, 6) is 0.305. The summed E-state index contributed by atoms with van der Waals surface area (Å²) in [6.45, 7) is 17.9. The molecule has 0 amide bonds. The molecule has 4 aliphatic rings. The Labute approximate surface area is 229 Å². The van der Waals surface area contributed by atoms with Gasteiger partial charge in [0.05, 0.1) is 17.8 Å². The molecule has 6 heteroatoms. The molecule has 0 aromatic heterocycles. The summed E-state index contributed by atoms with van der Waals surface area (Å²) in [6.07, 6.45) is 3.98. The molecular formula is C32H52O6. The van der Waals surface area contributed by atoms with Gasteiger partial charge in [0, 0.05) is 18.8 Å². The number of esters is 1. The molecule has 0 saturated heterocycles. The SMILES string of the molecule is CC(=O)OC(C(O)CC(C)C1=C2CC(O)[C@@H]3C(C)(CCC4C(C)(C)C(=O)CC[C@@]43C)[C@@]2(C)CC1)C(C)(C)O. The number of rotatable bonds is 6. The van der Waals surface area contributed by atoms with Gasteiger partial charge in [-0.3, -0.25) is 9.59 Å². The van der Waals surface area contributed by atoms with Crippen molar-refractivity contribution in [3.05, 3.63) is 11.1 Å². The first-order valence-corrected chi connectivity index (χ1v) is 14.8. The summed E-state index contributed by atoms with van der Waals surface area (Å²) >= 11 is 0. The zero-order chi connectivity index (χ0) is 28.6. The summed E-state index contributed by atoms with van der Waals surface area (Å²) < 4.78 is 5.34. The number of Topliss-reactive ketones (excluding diaryl/α,β-unsaturated/α-hetero) is 1. The van der Waals surface area contributed by atoms with Crippen LogP contribution in [0, 0.1) is 39.4 Å². The van der Waals surface area contributed by atoms with Crippen LogP contribution >= 0.6 is 0 Å². The molecule has 0 radical (unpaired) electrons. The lowest BCUT2D eigenvalue weighted by Gasteiger charge is -2.69. The Bertz CT molecular complexity index is 1010. The highest BCUT2D eigenvalue weighted by molar-refractivity contribution is 5.85. The molecule has 3 saturated carbocycles. The van der Waals surface area contributed by atoms with E-state index in [1.165, 1.54) is 18.1 Å². The first-order chi connectivity index (χ1) is 17.3. The molecule has 9 atom stereocenters. The first kappa shape index (κ1) is 29.7. The molecule has 6 unspecified atom stereocenters. The van der Waals surface area contributed by atoms with Crippen LogP contribution in [0.2, 0.25) is 0 Å². The standard InChI is InChI=1S/C32H52O6/c1-18(16-23(35)27(29(5,6)37)38-19(2)33)20-10-14-31(8)21(20)17-22(34)26-30(7)13-12-25(36)28(3,4)24(30)11-15-32(26,31)9/h18,22-24,26-27,34-35,37H,10-17H2,1-9H3/t18?,22?,23?,24?,26-,27?,30-,31-,32?/m0/s1. The minimum atomic E-state index is -1.36. The topological polar surface area (TPSA) is 104 Å². The number of hydrogen-bond acceptors (Lipinski definition) is 6. The van der Waals surface area contributed by atoms with E-state index in [0.717, 1.165) is 32.1 Å². The highest BCUT2D eigenvalue weighted by Gasteiger charge is 2.69. The Morgan fingerprint density at radius 3 is 2.32 bits per heavy atom. The number of allylic oxidation sites excluding steroid dienone is 1. The maximum absolute atomic E-state index is 12.9. The number of aliphatic hydroxyl groups is 3. The Balaban J connectivity index is 1.66. The zero-order valence-electron chi connectivity index (χ0n) is 25.2.